The highest BCUT2D eigenvalue weighted by molar-refractivity contribution is 6.11. The van der Waals surface area contributed by atoms with Crippen molar-refractivity contribution >= 4 is 23.7 Å². The molecule has 8 heteroatoms. The first-order chi connectivity index (χ1) is 9.43. The third-order valence-electron chi connectivity index (χ3n) is 3.02. The summed E-state index contributed by atoms with van der Waals surface area (Å²) in [6.45, 7) is 0.226. The Morgan fingerprint density at radius 2 is 1.85 bits per heavy atom. The second-order valence-electron chi connectivity index (χ2n) is 4.66. The second-order valence-corrected chi connectivity index (χ2v) is 4.66. The molecule has 0 aromatic carbocycles. The maximum atomic E-state index is 11.7. The van der Waals surface area contributed by atoms with Crippen LogP contribution in [0.2, 0.25) is 0 Å². The van der Waals surface area contributed by atoms with Gasteiger partial charge in [0.05, 0.1) is 0 Å². The molecule has 1 heterocycles. The molecule has 1 rings (SSSR count). The fourth-order valence-corrected chi connectivity index (χ4v) is 1.87. The van der Waals surface area contributed by atoms with Gasteiger partial charge in [-0.25, -0.2) is 4.90 Å². The van der Waals surface area contributed by atoms with Crippen molar-refractivity contribution in [2.75, 3.05) is 6.54 Å². The molecule has 0 aliphatic carbocycles. The molecule has 1 unspecified atom stereocenters. The Morgan fingerprint density at radius 1 is 1.30 bits per heavy atom. The third-order valence-corrected chi connectivity index (χ3v) is 3.02. The highest BCUT2D eigenvalue weighted by atomic mass is 16.4. The number of aliphatic imine (C=N–C) groups is 1. The second kappa shape index (κ2) is 7.59. The van der Waals surface area contributed by atoms with Crippen molar-refractivity contribution in [1.29, 1.82) is 0 Å². The van der Waals surface area contributed by atoms with E-state index in [1.807, 2.05) is 0 Å². The van der Waals surface area contributed by atoms with Gasteiger partial charge in [0.15, 0.2) is 0 Å². The van der Waals surface area contributed by atoms with Crippen LogP contribution in [0.5, 0.6) is 0 Å². The topological polar surface area (TPSA) is 139 Å². The summed E-state index contributed by atoms with van der Waals surface area (Å²) in [5, 5.41) is 8.61. The maximum Gasteiger partial charge on any atom is 0.320 e. The first-order valence-electron chi connectivity index (χ1n) is 6.57. The highest BCUT2D eigenvalue weighted by Crippen LogP contribution is 2.12. The van der Waals surface area contributed by atoms with Gasteiger partial charge in [0.25, 0.3) is 0 Å². The van der Waals surface area contributed by atoms with Crippen LogP contribution in [-0.2, 0) is 14.4 Å². The SMILES string of the molecule is NC(=NCCCC(N)C(=O)O)N1C(=O)CCCCC1=O. The number of hydrogen-bond donors (Lipinski definition) is 3. The molecule has 2 amide bonds. The van der Waals surface area contributed by atoms with Crippen LogP contribution in [0.25, 0.3) is 0 Å². The van der Waals surface area contributed by atoms with Gasteiger partial charge in [-0.1, -0.05) is 0 Å². The molecular weight excluding hydrogens is 264 g/mol. The maximum absolute atomic E-state index is 11.7. The molecule has 8 nitrogen and oxygen atoms in total. The molecular formula is C12H20N4O4. The van der Waals surface area contributed by atoms with E-state index in [1.165, 1.54) is 0 Å². The van der Waals surface area contributed by atoms with E-state index in [1.54, 1.807) is 0 Å². The summed E-state index contributed by atoms with van der Waals surface area (Å²) < 4.78 is 0. The van der Waals surface area contributed by atoms with E-state index < -0.39 is 12.0 Å². The molecule has 5 N–H and O–H groups in total. The van der Waals surface area contributed by atoms with Crippen LogP contribution in [0.1, 0.15) is 38.5 Å². The Kier molecular flexibility index (Phi) is 6.10. The Balaban J connectivity index is 2.52. The number of carboxylic acids is 1. The van der Waals surface area contributed by atoms with Gasteiger partial charge in [-0.2, -0.15) is 0 Å². The molecule has 1 fully saturated rings. The van der Waals surface area contributed by atoms with Crippen LogP contribution < -0.4 is 11.5 Å². The zero-order valence-electron chi connectivity index (χ0n) is 11.2. The number of nitrogens with two attached hydrogens (primary N) is 2. The first kappa shape index (κ1) is 16.1. The number of nitrogens with zero attached hydrogens (tertiary/aromatic N) is 2. The summed E-state index contributed by atoms with van der Waals surface area (Å²) in [5.41, 5.74) is 11.0. The number of likely N-dealkylation sites (tertiary alicyclic amines) is 1. The smallest absolute Gasteiger partial charge is 0.320 e. The average Bonchev–Trinajstić information content (AvgIpc) is 2.55. The van der Waals surface area contributed by atoms with Crippen LogP contribution in [-0.4, -0.2) is 46.3 Å². The quantitative estimate of drug-likeness (QED) is 0.267. The largest absolute Gasteiger partial charge is 0.480 e. The van der Waals surface area contributed by atoms with E-state index in [2.05, 4.69) is 4.99 Å². The van der Waals surface area contributed by atoms with Crippen LogP contribution >= 0.6 is 0 Å². The van der Waals surface area contributed by atoms with Crippen molar-refractivity contribution in [1.82, 2.24) is 4.90 Å². The number of hydrogen-bond acceptors (Lipinski definition) is 5. The lowest BCUT2D eigenvalue weighted by Gasteiger charge is -2.17. The summed E-state index contributed by atoms with van der Waals surface area (Å²) in [6, 6.07) is -0.937. The lowest BCUT2D eigenvalue weighted by molar-refractivity contribution is -0.139. The summed E-state index contributed by atoms with van der Waals surface area (Å²) in [6.07, 6.45) is 2.58. The Bertz CT molecular complexity index is 404. The Hall–Kier alpha value is -1.96. The molecule has 0 spiro atoms. The van der Waals surface area contributed by atoms with Crippen molar-refractivity contribution < 1.29 is 19.5 Å². The summed E-state index contributed by atoms with van der Waals surface area (Å²) in [4.78, 5) is 38.9. The first-order valence-corrected chi connectivity index (χ1v) is 6.57. The van der Waals surface area contributed by atoms with Crippen LogP contribution in [0.3, 0.4) is 0 Å². The highest BCUT2D eigenvalue weighted by Gasteiger charge is 2.26. The minimum atomic E-state index is -1.07. The molecule has 1 saturated heterocycles. The van der Waals surface area contributed by atoms with E-state index in [-0.39, 0.29) is 43.6 Å². The average molecular weight is 284 g/mol. The third kappa shape index (κ3) is 4.61. The van der Waals surface area contributed by atoms with Crippen molar-refractivity contribution in [2.45, 2.75) is 44.6 Å². The predicted octanol–water partition coefficient (Wildman–Crippen LogP) is -0.578. The number of amides is 2. The van der Waals surface area contributed by atoms with Crippen LogP contribution in [0, 0.1) is 0 Å². The number of carboxylic acid groups (broad SMARTS) is 1. The normalized spacial score (nSPS) is 18.9. The van der Waals surface area contributed by atoms with Gasteiger partial charge in [-0.15, -0.1) is 0 Å². The fourth-order valence-electron chi connectivity index (χ4n) is 1.87. The van der Waals surface area contributed by atoms with Gasteiger partial charge in [-0.05, 0) is 25.7 Å². The molecule has 0 aromatic rings. The number of carbonyl (C=O) groups is 3. The van der Waals surface area contributed by atoms with Gasteiger partial charge in [0.1, 0.15) is 6.04 Å². The van der Waals surface area contributed by atoms with Crippen molar-refractivity contribution in [3.05, 3.63) is 0 Å². The molecule has 112 valence electrons. The molecule has 20 heavy (non-hydrogen) atoms. The number of imide groups is 1. The van der Waals surface area contributed by atoms with Gasteiger partial charge in [0, 0.05) is 19.4 Å². The van der Waals surface area contributed by atoms with Crippen molar-refractivity contribution in [3.63, 3.8) is 0 Å². The zero-order chi connectivity index (χ0) is 15.1. The standard InChI is InChI=1S/C12H20N4O4/c13-8(11(19)20)4-3-7-15-12(14)16-9(17)5-1-2-6-10(16)18/h8H,1-7,13H2,(H2,14,15)(H,19,20). The van der Waals surface area contributed by atoms with E-state index in [4.69, 9.17) is 16.6 Å². The summed E-state index contributed by atoms with van der Waals surface area (Å²) in [7, 11) is 0. The van der Waals surface area contributed by atoms with E-state index in [0.717, 1.165) is 4.90 Å². The number of guanidine groups is 1. The summed E-state index contributed by atoms with van der Waals surface area (Å²) in [5.74, 6) is -1.86. The molecule has 0 radical (unpaired) electrons. The minimum Gasteiger partial charge on any atom is -0.480 e. The lowest BCUT2D eigenvalue weighted by atomic mass is 10.2. The Labute approximate surface area is 116 Å². The van der Waals surface area contributed by atoms with E-state index in [0.29, 0.717) is 19.3 Å². The fraction of sp³-hybridized carbons (Fsp3) is 0.667. The molecule has 0 saturated carbocycles. The molecule has 0 bridgehead atoms. The monoisotopic (exact) mass is 284 g/mol. The van der Waals surface area contributed by atoms with E-state index in [9.17, 15) is 14.4 Å². The van der Waals surface area contributed by atoms with Gasteiger partial charge >= 0.3 is 5.97 Å². The molecule has 0 aromatic heterocycles. The number of aliphatic carboxylic acids is 1. The van der Waals surface area contributed by atoms with E-state index >= 15 is 0 Å². The summed E-state index contributed by atoms with van der Waals surface area (Å²) >= 11 is 0. The van der Waals surface area contributed by atoms with Gasteiger partial charge < -0.3 is 16.6 Å². The Morgan fingerprint density at radius 3 is 2.35 bits per heavy atom. The number of carbonyl (C=O) groups excluding carboxylic acids is 2. The zero-order valence-corrected chi connectivity index (χ0v) is 11.2. The molecule has 1 aliphatic rings. The van der Waals surface area contributed by atoms with Gasteiger partial charge in [-0.3, -0.25) is 19.4 Å². The molecule has 1 atom stereocenters. The number of rotatable bonds is 5. The lowest BCUT2D eigenvalue weighted by Crippen LogP contribution is -2.45. The van der Waals surface area contributed by atoms with Gasteiger partial charge in [0.2, 0.25) is 17.8 Å². The van der Waals surface area contributed by atoms with Crippen molar-refractivity contribution in [2.24, 2.45) is 16.5 Å². The van der Waals surface area contributed by atoms with Crippen molar-refractivity contribution in [3.8, 4) is 0 Å². The molecule has 1 aliphatic heterocycles. The van der Waals surface area contributed by atoms with Crippen LogP contribution in [0.4, 0.5) is 0 Å². The predicted molar refractivity (Wildman–Crippen MR) is 71.7 cm³/mol. The minimum absolute atomic E-state index is 0.120. The van der Waals surface area contributed by atoms with Crippen LogP contribution in [0.15, 0.2) is 4.99 Å².